The predicted octanol–water partition coefficient (Wildman–Crippen LogP) is 2.41. The molecule has 0 fully saturated rings. The summed E-state index contributed by atoms with van der Waals surface area (Å²) in [5.41, 5.74) is 1.44. The second-order valence-corrected chi connectivity index (χ2v) is 5.82. The van der Waals surface area contributed by atoms with E-state index in [-0.39, 0.29) is 5.91 Å². The third kappa shape index (κ3) is 3.61. The molecule has 0 saturated carbocycles. The van der Waals surface area contributed by atoms with Gasteiger partial charge in [-0.1, -0.05) is 12.1 Å². The van der Waals surface area contributed by atoms with Crippen LogP contribution in [0.3, 0.4) is 0 Å². The van der Waals surface area contributed by atoms with E-state index in [1.54, 1.807) is 6.20 Å². The lowest BCUT2D eigenvalue weighted by molar-refractivity contribution is 0.0941. The maximum absolute atomic E-state index is 12.3. The molecule has 1 heterocycles. The van der Waals surface area contributed by atoms with Crippen LogP contribution in [0.2, 0.25) is 0 Å². The number of hydrogen-bond acceptors (Lipinski definition) is 3. The molecule has 2 N–H and O–H groups in total. The average Bonchev–Trinajstić information content (AvgIpc) is 2.90. The van der Waals surface area contributed by atoms with E-state index in [2.05, 4.69) is 48.1 Å². The number of nitrogens with zero attached hydrogens (tertiary/aromatic N) is 2. The number of carbonyl (C=O) groups is 1. The first-order chi connectivity index (χ1) is 10.0. The van der Waals surface area contributed by atoms with Gasteiger partial charge in [-0.3, -0.25) is 14.8 Å². The highest BCUT2D eigenvalue weighted by molar-refractivity contribution is 6.05. The topological polar surface area (TPSA) is 61.0 Å². The van der Waals surface area contributed by atoms with Gasteiger partial charge < -0.3 is 5.32 Å². The van der Waals surface area contributed by atoms with Crippen LogP contribution in [0.1, 0.15) is 38.1 Å². The van der Waals surface area contributed by atoms with Gasteiger partial charge in [-0.05, 0) is 33.8 Å². The van der Waals surface area contributed by atoms with Crippen molar-refractivity contribution in [1.29, 1.82) is 0 Å². The van der Waals surface area contributed by atoms with Gasteiger partial charge in [0, 0.05) is 30.6 Å². The van der Waals surface area contributed by atoms with Crippen LogP contribution < -0.4 is 5.32 Å². The summed E-state index contributed by atoms with van der Waals surface area (Å²) in [7, 11) is 0. The number of amides is 1. The van der Waals surface area contributed by atoms with E-state index in [1.165, 1.54) is 0 Å². The Balaban J connectivity index is 1.98. The molecule has 0 radical (unpaired) electrons. The molecule has 5 nitrogen and oxygen atoms in total. The molecule has 0 atom stereocenters. The fourth-order valence-electron chi connectivity index (χ4n) is 2.66. The number of carbonyl (C=O) groups excluding carboxylic acids is 1. The molecule has 0 bridgehead atoms. The second kappa shape index (κ2) is 6.72. The third-order valence-electron chi connectivity index (χ3n) is 3.70. The van der Waals surface area contributed by atoms with Crippen LogP contribution in [0.25, 0.3) is 10.9 Å². The fourth-order valence-corrected chi connectivity index (χ4v) is 2.66. The molecule has 0 saturated heterocycles. The molecule has 2 rings (SSSR count). The molecule has 0 aliphatic carbocycles. The van der Waals surface area contributed by atoms with Crippen molar-refractivity contribution in [3.63, 3.8) is 0 Å². The van der Waals surface area contributed by atoms with Gasteiger partial charge in [0.2, 0.25) is 0 Å². The van der Waals surface area contributed by atoms with E-state index in [0.29, 0.717) is 24.2 Å². The highest BCUT2D eigenvalue weighted by Crippen LogP contribution is 2.15. The van der Waals surface area contributed by atoms with Gasteiger partial charge in [-0.25, -0.2) is 0 Å². The minimum atomic E-state index is -0.0580. The largest absolute Gasteiger partial charge is 0.351 e. The number of para-hydroxylation sites is 1. The Morgan fingerprint density at radius 1 is 1.29 bits per heavy atom. The lowest BCUT2D eigenvalue weighted by atomic mass is 10.1. The van der Waals surface area contributed by atoms with Crippen molar-refractivity contribution in [3.8, 4) is 0 Å². The quantitative estimate of drug-likeness (QED) is 0.858. The predicted molar refractivity (Wildman–Crippen MR) is 85.4 cm³/mol. The zero-order valence-corrected chi connectivity index (χ0v) is 13.2. The van der Waals surface area contributed by atoms with Crippen molar-refractivity contribution in [1.82, 2.24) is 20.4 Å². The van der Waals surface area contributed by atoms with Crippen molar-refractivity contribution in [2.45, 2.75) is 39.8 Å². The van der Waals surface area contributed by atoms with Gasteiger partial charge in [0.15, 0.2) is 0 Å². The maximum Gasteiger partial charge on any atom is 0.253 e. The molecular formula is C16H24N4O. The number of rotatable bonds is 6. The first-order valence-corrected chi connectivity index (χ1v) is 7.46. The Hall–Kier alpha value is -1.88. The lowest BCUT2D eigenvalue weighted by Gasteiger charge is -2.30. The average molecular weight is 288 g/mol. The number of nitrogens with one attached hydrogen (secondary N) is 2. The van der Waals surface area contributed by atoms with Gasteiger partial charge >= 0.3 is 0 Å². The van der Waals surface area contributed by atoms with Gasteiger partial charge in [0.1, 0.15) is 0 Å². The van der Waals surface area contributed by atoms with Gasteiger partial charge in [-0.2, -0.15) is 5.10 Å². The van der Waals surface area contributed by atoms with E-state index in [0.717, 1.165) is 17.4 Å². The van der Waals surface area contributed by atoms with Crippen LogP contribution in [0, 0.1) is 0 Å². The number of H-pyrrole nitrogens is 1. The van der Waals surface area contributed by atoms with Crippen molar-refractivity contribution >= 4 is 16.8 Å². The third-order valence-corrected chi connectivity index (χ3v) is 3.70. The lowest BCUT2D eigenvalue weighted by Crippen LogP contribution is -2.42. The number of fused-ring (bicyclic) bond motifs is 1. The second-order valence-electron chi connectivity index (χ2n) is 5.82. The zero-order valence-electron chi connectivity index (χ0n) is 13.2. The summed E-state index contributed by atoms with van der Waals surface area (Å²) >= 11 is 0. The number of hydrogen-bond donors (Lipinski definition) is 2. The molecule has 21 heavy (non-hydrogen) atoms. The summed E-state index contributed by atoms with van der Waals surface area (Å²) in [5.74, 6) is -0.0580. The molecule has 0 unspecified atom stereocenters. The van der Waals surface area contributed by atoms with Crippen molar-refractivity contribution in [2.75, 3.05) is 13.1 Å². The van der Waals surface area contributed by atoms with E-state index < -0.39 is 0 Å². The summed E-state index contributed by atoms with van der Waals surface area (Å²) in [6, 6.07) is 6.57. The number of benzene rings is 1. The molecule has 5 heteroatoms. The minimum Gasteiger partial charge on any atom is -0.351 e. The normalized spacial score (nSPS) is 11.8. The van der Waals surface area contributed by atoms with Crippen molar-refractivity contribution in [2.24, 2.45) is 0 Å². The number of aromatic nitrogens is 2. The highest BCUT2D eigenvalue weighted by Gasteiger charge is 2.14. The van der Waals surface area contributed by atoms with Crippen LogP contribution in [0.15, 0.2) is 24.4 Å². The molecule has 1 aromatic carbocycles. The standard InChI is InChI=1S/C16H24N4O/c1-11(2)20(12(3)4)9-8-17-16(21)14-7-5-6-13-10-18-19-15(13)14/h5-7,10-12H,8-9H2,1-4H3,(H,17,21)(H,18,19). The summed E-state index contributed by atoms with van der Waals surface area (Å²) < 4.78 is 0. The molecule has 1 aromatic heterocycles. The first kappa shape index (κ1) is 15.5. The monoisotopic (exact) mass is 288 g/mol. The van der Waals surface area contributed by atoms with Crippen molar-refractivity contribution < 1.29 is 4.79 Å². The van der Waals surface area contributed by atoms with E-state index in [1.807, 2.05) is 18.2 Å². The summed E-state index contributed by atoms with van der Waals surface area (Å²) in [5, 5.41) is 10.8. The summed E-state index contributed by atoms with van der Waals surface area (Å²) in [6.07, 6.45) is 1.73. The highest BCUT2D eigenvalue weighted by atomic mass is 16.1. The Morgan fingerprint density at radius 3 is 2.67 bits per heavy atom. The van der Waals surface area contributed by atoms with E-state index in [9.17, 15) is 4.79 Å². The van der Waals surface area contributed by atoms with Crippen LogP contribution in [-0.2, 0) is 0 Å². The summed E-state index contributed by atoms with van der Waals surface area (Å²) in [4.78, 5) is 14.7. The maximum atomic E-state index is 12.3. The molecule has 0 aliphatic rings. The smallest absolute Gasteiger partial charge is 0.253 e. The van der Waals surface area contributed by atoms with Crippen LogP contribution in [0.5, 0.6) is 0 Å². The molecular weight excluding hydrogens is 264 g/mol. The Labute approximate surface area is 125 Å². The Bertz CT molecular complexity index is 595. The first-order valence-electron chi connectivity index (χ1n) is 7.46. The van der Waals surface area contributed by atoms with Gasteiger partial charge in [0.25, 0.3) is 5.91 Å². The van der Waals surface area contributed by atoms with E-state index >= 15 is 0 Å². The molecule has 2 aromatic rings. The van der Waals surface area contributed by atoms with Crippen LogP contribution >= 0.6 is 0 Å². The van der Waals surface area contributed by atoms with Crippen LogP contribution in [-0.4, -0.2) is 46.2 Å². The van der Waals surface area contributed by atoms with E-state index in [4.69, 9.17) is 0 Å². The van der Waals surface area contributed by atoms with Gasteiger partial charge in [0.05, 0.1) is 17.3 Å². The summed E-state index contributed by atoms with van der Waals surface area (Å²) in [6.45, 7) is 10.2. The van der Waals surface area contributed by atoms with Crippen molar-refractivity contribution in [3.05, 3.63) is 30.0 Å². The van der Waals surface area contributed by atoms with Gasteiger partial charge in [-0.15, -0.1) is 0 Å². The zero-order chi connectivity index (χ0) is 15.4. The fraction of sp³-hybridized carbons (Fsp3) is 0.500. The SMILES string of the molecule is CC(C)N(CCNC(=O)c1cccc2cn[nH]c12)C(C)C. The molecule has 114 valence electrons. The molecule has 1 amide bonds. The number of aromatic amines is 1. The molecule has 0 aliphatic heterocycles. The minimum absolute atomic E-state index is 0.0580. The Kier molecular flexibility index (Phi) is 4.96. The molecule has 0 spiro atoms. The van der Waals surface area contributed by atoms with Crippen LogP contribution in [0.4, 0.5) is 0 Å². The Morgan fingerprint density at radius 2 is 2.00 bits per heavy atom.